The summed E-state index contributed by atoms with van der Waals surface area (Å²) < 4.78 is 0. The van der Waals surface area contributed by atoms with Gasteiger partial charge in [-0.1, -0.05) is 19.1 Å². The Kier molecular flexibility index (Phi) is 5.78. The molecule has 0 amide bonds. The van der Waals surface area contributed by atoms with E-state index >= 15 is 0 Å². The van der Waals surface area contributed by atoms with Gasteiger partial charge >= 0.3 is 0 Å². The molecule has 1 N–H and O–H groups in total. The third-order valence-electron chi connectivity index (χ3n) is 4.65. The topological polar surface area (TPSA) is 84.2 Å². The largest absolute Gasteiger partial charge is 0.370 e. The van der Waals surface area contributed by atoms with E-state index in [9.17, 15) is 10.1 Å². The van der Waals surface area contributed by atoms with E-state index in [0.29, 0.717) is 17.3 Å². The molecule has 1 unspecified atom stereocenters. The molecular weight excluding hydrogens is 330 g/mol. The van der Waals surface area contributed by atoms with Crippen LogP contribution in [0, 0.1) is 23.0 Å². The van der Waals surface area contributed by atoms with E-state index in [1.165, 1.54) is 38.1 Å². The minimum absolute atomic E-state index is 0.0455. The zero-order chi connectivity index (χ0) is 18.5. The maximum Gasteiger partial charge on any atom is 0.270 e. The molecule has 0 saturated carbocycles. The van der Waals surface area contributed by atoms with E-state index in [2.05, 4.69) is 27.1 Å². The summed E-state index contributed by atoms with van der Waals surface area (Å²) in [5.41, 5.74) is 1.54. The number of benzene rings is 1. The Morgan fingerprint density at radius 3 is 2.96 bits per heavy atom. The van der Waals surface area contributed by atoms with Crippen molar-refractivity contribution in [2.45, 2.75) is 26.7 Å². The van der Waals surface area contributed by atoms with Crippen molar-refractivity contribution in [1.82, 2.24) is 14.9 Å². The van der Waals surface area contributed by atoms with Crippen LogP contribution in [0.3, 0.4) is 0 Å². The van der Waals surface area contributed by atoms with Crippen molar-refractivity contribution < 1.29 is 4.92 Å². The molecule has 1 aliphatic heterocycles. The number of likely N-dealkylation sites (tertiary alicyclic amines) is 1. The van der Waals surface area contributed by atoms with E-state index in [-0.39, 0.29) is 5.69 Å². The van der Waals surface area contributed by atoms with Gasteiger partial charge in [0.05, 0.1) is 4.92 Å². The lowest BCUT2D eigenvalue weighted by atomic mass is 10.1. The van der Waals surface area contributed by atoms with Gasteiger partial charge in [0, 0.05) is 42.5 Å². The van der Waals surface area contributed by atoms with Crippen LogP contribution in [0.4, 0.5) is 11.5 Å². The van der Waals surface area contributed by atoms with Gasteiger partial charge in [-0.2, -0.15) is 0 Å². The number of nitrogens with one attached hydrogen (secondary N) is 1. The van der Waals surface area contributed by atoms with Gasteiger partial charge in [0.25, 0.3) is 5.69 Å². The molecule has 3 rings (SSSR count). The number of anilines is 1. The Labute approximate surface area is 153 Å². The van der Waals surface area contributed by atoms with Crippen molar-refractivity contribution >= 4 is 11.5 Å². The standard InChI is InChI=1S/C19H25N5O2/c1-3-8-23-9-7-15(13-23)12-20-18-10-14(2)21-19(22-18)16-5-4-6-17(11-16)24(25)26/h4-6,10-11,15H,3,7-9,12-13H2,1-2H3,(H,20,21,22). The van der Waals surface area contributed by atoms with Gasteiger partial charge in [-0.25, -0.2) is 9.97 Å². The second-order valence-corrected chi connectivity index (χ2v) is 6.86. The smallest absolute Gasteiger partial charge is 0.270 e. The molecule has 2 aromatic rings. The third kappa shape index (κ3) is 4.54. The van der Waals surface area contributed by atoms with Crippen LogP contribution in [0.5, 0.6) is 0 Å². The van der Waals surface area contributed by atoms with Crippen molar-refractivity contribution in [3.63, 3.8) is 0 Å². The first-order valence-electron chi connectivity index (χ1n) is 9.12. The summed E-state index contributed by atoms with van der Waals surface area (Å²) in [4.78, 5) is 22.1. The second-order valence-electron chi connectivity index (χ2n) is 6.86. The van der Waals surface area contributed by atoms with Crippen molar-refractivity contribution in [2.75, 3.05) is 31.5 Å². The lowest BCUT2D eigenvalue weighted by Gasteiger charge is -2.15. The SMILES string of the molecule is CCCN1CCC(CNc2cc(C)nc(-c3cccc([N+](=O)[O-])c3)n2)C1. The quantitative estimate of drug-likeness (QED) is 0.604. The second kappa shape index (κ2) is 8.23. The van der Waals surface area contributed by atoms with Crippen LogP contribution in [0.1, 0.15) is 25.5 Å². The van der Waals surface area contributed by atoms with Crippen molar-refractivity contribution in [1.29, 1.82) is 0 Å². The first-order chi connectivity index (χ1) is 12.5. The summed E-state index contributed by atoms with van der Waals surface area (Å²) in [5.74, 6) is 1.90. The zero-order valence-corrected chi connectivity index (χ0v) is 15.3. The van der Waals surface area contributed by atoms with E-state index in [4.69, 9.17) is 0 Å². The number of hydrogen-bond donors (Lipinski definition) is 1. The summed E-state index contributed by atoms with van der Waals surface area (Å²) in [6.45, 7) is 8.46. The third-order valence-corrected chi connectivity index (χ3v) is 4.65. The van der Waals surface area contributed by atoms with Crippen LogP contribution in [0.2, 0.25) is 0 Å². The molecule has 1 fully saturated rings. The average Bonchev–Trinajstić information content (AvgIpc) is 3.07. The van der Waals surface area contributed by atoms with E-state index in [1.54, 1.807) is 12.1 Å². The fourth-order valence-electron chi connectivity index (χ4n) is 3.39. The molecule has 26 heavy (non-hydrogen) atoms. The highest BCUT2D eigenvalue weighted by molar-refractivity contribution is 5.61. The molecule has 2 heterocycles. The predicted octanol–water partition coefficient (Wildman–Crippen LogP) is 3.50. The van der Waals surface area contributed by atoms with Crippen LogP contribution in [-0.4, -0.2) is 46.0 Å². The first kappa shape index (κ1) is 18.3. The maximum absolute atomic E-state index is 11.0. The molecule has 0 aliphatic carbocycles. The molecule has 7 nitrogen and oxygen atoms in total. The number of non-ortho nitro benzene ring substituents is 1. The van der Waals surface area contributed by atoms with Crippen LogP contribution < -0.4 is 5.32 Å². The monoisotopic (exact) mass is 355 g/mol. The van der Waals surface area contributed by atoms with E-state index in [1.807, 2.05) is 13.0 Å². The number of aryl methyl sites for hydroxylation is 1. The highest BCUT2D eigenvalue weighted by Crippen LogP contribution is 2.23. The lowest BCUT2D eigenvalue weighted by Crippen LogP contribution is -2.23. The van der Waals surface area contributed by atoms with Crippen molar-refractivity contribution in [3.05, 3.63) is 46.1 Å². The van der Waals surface area contributed by atoms with Gasteiger partial charge in [-0.05, 0) is 38.8 Å². The Hall–Kier alpha value is -2.54. The molecule has 0 radical (unpaired) electrons. The maximum atomic E-state index is 11.0. The normalized spacial score (nSPS) is 17.4. The first-order valence-corrected chi connectivity index (χ1v) is 9.12. The number of nitro groups is 1. The van der Waals surface area contributed by atoms with Gasteiger partial charge in [-0.15, -0.1) is 0 Å². The summed E-state index contributed by atoms with van der Waals surface area (Å²) in [7, 11) is 0. The molecule has 1 aromatic heterocycles. The number of rotatable bonds is 7. The molecule has 1 atom stereocenters. The molecule has 0 bridgehead atoms. The Bertz CT molecular complexity index is 780. The zero-order valence-electron chi connectivity index (χ0n) is 15.3. The van der Waals surface area contributed by atoms with Gasteiger partial charge in [0.1, 0.15) is 5.82 Å². The number of hydrogen-bond acceptors (Lipinski definition) is 6. The van der Waals surface area contributed by atoms with Crippen LogP contribution in [0.15, 0.2) is 30.3 Å². The van der Waals surface area contributed by atoms with Crippen LogP contribution in [0.25, 0.3) is 11.4 Å². The average molecular weight is 355 g/mol. The summed E-state index contributed by atoms with van der Waals surface area (Å²) >= 11 is 0. The number of nitro benzene ring substituents is 1. The minimum Gasteiger partial charge on any atom is -0.370 e. The van der Waals surface area contributed by atoms with Crippen molar-refractivity contribution in [2.24, 2.45) is 5.92 Å². The van der Waals surface area contributed by atoms with Crippen molar-refractivity contribution in [3.8, 4) is 11.4 Å². The van der Waals surface area contributed by atoms with E-state index < -0.39 is 4.92 Å². The lowest BCUT2D eigenvalue weighted by molar-refractivity contribution is -0.384. The molecule has 1 saturated heterocycles. The minimum atomic E-state index is -0.402. The molecule has 7 heteroatoms. The van der Waals surface area contributed by atoms with Gasteiger partial charge in [0.2, 0.25) is 0 Å². The summed E-state index contributed by atoms with van der Waals surface area (Å²) in [6.07, 6.45) is 2.40. The predicted molar refractivity (Wildman–Crippen MR) is 102 cm³/mol. The van der Waals surface area contributed by atoms with Gasteiger partial charge < -0.3 is 10.2 Å². The number of aromatic nitrogens is 2. The van der Waals surface area contributed by atoms with Gasteiger partial charge in [-0.3, -0.25) is 10.1 Å². The summed E-state index contributed by atoms with van der Waals surface area (Å²) in [5, 5.41) is 14.4. The number of nitrogens with zero attached hydrogens (tertiary/aromatic N) is 4. The molecular formula is C19H25N5O2. The summed E-state index contributed by atoms with van der Waals surface area (Å²) in [6, 6.07) is 8.36. The highest BCUT2D eigenvalue weighted by Gasteiger charge is 2.21. The molecule has 0 spiro atoms. The van der Waals surface area contributed by atoms with Crippen LogP contribution >= 0.6 is 0 Å². The van der Waals surface area contributed by atoms with Gasteiger partial charge in [0.15, 0.2) is 5.82 Å². The Balaban J connectivity index is 1.70. The fraction of sp³-hybridized carbons (Fsp3) is 0.474. The Morgan fingerprint density at radius 1 is 1.35 bits per heavy atom. The fourth-order valence-corrected chi connectivity index (χ4v) is 3.39. The van der Waals surface area contributed by atoms with Crippen LogP contribution in [-0.2, 0) is 0 Å². The molecule has 1 aliphatic rings. The van der Waals surface area contributed by atoms with E-state index in [0.717, 1.165) is 24.6 Å². The highest BCUT2D eigenvalue weighted by atomic mass is 16.6. The molecule has 1 aromatic carbocycles. The molecule has 138 valence electrons. The Morgan fingerprint density at radius 2 is 2.19 bits per heavy atom.